The predicted octanol–water partition coefficient (Wildman–Crippen LogP) is 3.95. The van der Waals surface area contributed by atoms with Crippen LogP contribution >= 0.6 is 0 Å². The van der Waals surface area contributed by atoms with Crippen LogP contribution in [0.5, 0.6) is 5.75 Å². The first-order valence-electron chi connectivity index (χ1n) is 6.56. The fourth-order valence-electron chi connectivity index (χ4n) is 2.21. The largest absolute Gasteiger partial charge is 0.497 e. The van der Waals surface area contributed by atoms with Crippen LogP contribution in [0.4, 0.5) is 0 Å². The van der Waals surface area contributed by atoms with Crippen molar-refractivity contribution in [1.82, 2.24) is 0 Å². The lowest BCUT2D eigenvalue weighted by Gasteiger charge is -2.06. The molecule has 1 aliphatic rings. The van der Waals surface area contributed by atoms with E-state index in [0.717, 1.165) is 35.3 Å². The van der Waals surface area contributed by atoms with E-state index in [1.165, 1.54) is 0 Å². The second-order valence-electron chi connectivity index (χ2n) is 4.95. The van der Waals surface area contributed by atoms with Gasteiger partial charge in [0.15, 0.2) is 5.78 Å². The Morgan fingerprint density at radius 2 is 1.79 bits per heavy atom. The van der Waals surface area contributed by atoms with Crippen molar-refractivity contribution in [3.63, 3.8) is 0 Å². The van der Waals surface area contributed by atoms with Crippen LogP contribution in [-0.4, -0.2) is 12.9 Å². The first-order chi connectivity index (χ1) is 9.28. The molecule has 0 bridgehead atoms. The lowest BCUT2D eigenvalue weighted by Crippen LogP contribution is -2.00. The Hall–Kier alpha value is -2.09. The number of ether oxygens (including phenoxy) is 1. The van der Waals surface area contributed by atoms with Gasteiger partial charge in [-0.1, -0.05) is 36.4 Å². The van der Waals surface area contributed by atoms with Crippen molar-refractivity contribution in [2.75, 3.05) is 7.11 Å². The topological polar surface area (TPSA) is 26.3 Å². The first-order valence-corrected chi connectivity index (χ1v) is 6.56. The van der Waals surface area contributed by atoms with E-state index in [9.17, 15) is 4.79 Å². The molecule has 2 heteroatoms. The molecule has 1 fully saturated rings. The molecule has 19 heavy (non-hydrogen) atoms. The van der Waals surface area contributed by atoms with Crippen LogP contribution in [0.3, 0.4) is 0 Å². The summed E-state index contributed by atoms with van der Waals surface area (Å²) in [4.78, 5) is 11.9. The standard InChI is InChI=1S/C17H16O2/c1-19-16-4-2-3-15(11-16)12-5-7-13(8-6-12)17(18)14-9-10-14/h2-8,11,14H,9-10H2,1H3. The molecule has 96 valence electrons. The summed E-state index contributed by atoms with van der Waals surface area (Å²) in [7, 11) is 1.66. The zero-order valence-electron chi connectivity index (χ0n) is 10.9. The molecule has 0 aromatic heterocycles. The lowest BCUT2D eigenvalue weighted by molar-refractivity contribution is 0.0967. The number of rotatable bonds is 4. The van der Waals surface area contributed by atoms with Crippen molar-refractivity contribution < 1.29 is 9.53 Å². The molecule has 2 nitrogen and oxygen atoms in total. The van der Waals surface area contributed by atoms with E-state index in [4.69, 9.17) is 4.74 Å². The minimum atomic E-state index is 0.280. The molecule has 1 saturated carbocycles. The maximum atomic E-state index is 11.9. The van der Waals surface area contributed by atoms with Gasteiger partial charge in [-0.05, 0) is 36.1 Å². The number of ketones is 1. The summed E-state index contributed by atoms with van der Waals surface area (Å²) in [6.07, 6.45) is 2.10. The second kappa shape index (κ2) is 4.88. The summed E-state index contributed by atoms with van der Waals surface area (Å²) >= 11 is 0. The summed E-state index contributed by atoms with van der Waals surface area (Å²) in [5, 5.41) is 0. The van der Waals surface area contributed by atoms with Crippen LogP contribution in [0, 0.1) is 5.92 Å². The highest BCUT2D eigenvalue weighted by atomic mass is 16.5. The molecular formula is C17H16O2. The van der Waals surface area contributed by atoms with Crippen LogP contribution in [0.1, 0.15) is 23.2 Å². The number of methoxy groups -OCH3 is 1. The van der Waals surface area contributed by atoms with E-state index in [1.807, 2.05) is 48.5 Å². The van der Waals surface area contributed by atoms with Gasteiger partial charge in [-0.25, -0.2) is 0 Å². The molecule has 2 aromatic rings. The molecule has 0 unspecified atom stereocenters. The van der Waals surface area contributed by atoms with Gasteiger partial charge in [-0.3, -0.25) is 4.79 Å². The van der Waals surface area contributed by atoms with Gasteiger partial charge in [0.05, 0.1) is 7.11 Å². The number of hydrogen-bond donors (Lipinski definition) is 0. The molecule has 0 saturated heterocycles. The molecule has 0 radical (unpaired) electrons. The number of carbonyl (C=O) groups excluding carboxylic acids is 1. The normalized spacial score (nSPS) is 14.2. The molecule has 0 atom stereocenters. The number of carbonyl (C=O) groups is 1. The maximum Gasteiger partial charge on any atom is 0.165 e. The van der Waals surface area contributed by atoms with E-state index in [0.29, 0.717) is 0 Å². The van der Waals surface area contributed by atoms with Gasteiger partial charge in [0.2, 0.25) is 0 Å². The Morgan fingerprint density at radius 3 is 2.42 bits per heavy atom. The van der Waals surface area contributed by atoms with Gasteiger partial charge in [0.1, 0.15) is 5.75 Å². The van der Waals surface area contributed by atoms with Crippen LogP contribution in [0.25, 0.3) is 11.1 Å². The van der Waals surface area contributed by atoms with Crippen LogP contribution < -0.4 is 4.74 Å². The monoisotopic (exact) mass is 252 g/mol. The Labute approximate surface area is 113 Å². The molecule has 0 aliphatic heterocycles. The Morgan fingerprint density at radius 1 is 1.05 bits per heavy atom. The fourth-order valence-corrected chi connectivity index (χ4v) is 2.21. The third-order valence-corrected chi connectivity index (χ3v) is 3.52. The summed E-state index contributed by atoms with van der Waals surface area (Å²) in [6.45, 7) is 0. The van der Waals surface area contributed by atoms with Gasteiger partial charge in [0.25, 0.3) is 0 Å². The maximum absolute atomic E-state index is 11.9. The summed E-state index contributed by atoms with van der Waals surface area (Å²) in [5.41, 5.74) is 3.03. The van der Waals surface area contributed by atoms with E-state index in [2.05, 4.69) is 0 Å². The summed E-state index contributed by atoms with van der Waals surface area (Å²) in [6, 6.07) is 15.8. The highest BCUT2D eigenvalue weighted by Gasteiger charge is 2.30. The zero-order chi connectivity index (χ0) is 13.2. The van der Waals surface area contributed by atoms with Crippen molar-refractivity contribution in [1.29, 1.82) is 0 Å². The molecule has 0 amide bonds. The molecule has 1 aliphatic carbocycles. The second-order valence-corrected chi connectivity index (χ2v) is 4.95. The highest BCUT2D eigenvalue weighted by molar-refractivity contribution is 5.99. The molecule has 0 spiro atoms. The molecule has 3 rings (SSSR count). The van der Waals surface area contributed by atoms with Crippen molar-refractivity contribution in [3.05, 3.63) is 54.1 Å². The third-order valence-electron chi connectivity index (χ3n) is 3.52. The van der Waals surface area contributed by atoms with Crippen LogP contribution in [0.15, 0.2) is 48.5 Å². The van der Waals surface area contributed by atoms with Gasteiger partial charge < -0.3 is 4.74 Å². The molecular weight excluding hydrogens is 236 g/mol. The first kappa shape index (κ1) is 12.0. The van der Waals surface area contributed by atoms with Gasteiger partial charge in [0, 0.05) is 11.5 Å². The van der Waals surface area contributed by atoms with Crippen molar-refractivity contribution >= 4 is 5.78 Å². The Bertz CT molecular complexity index is 595. The molecule has 0 N–H and O–H groups in total. The average molecular weight is 252 g/mol. The molecule has 0 heterocycles. The molecule has 2 aromatic carbocycles. The van der Waals surface area contributed by atoms with Gasteiger partial charge in [-0.15, -0.1) is 0 Å². The van der Waals surface area contributed by atoms with E-state index in [1.54, 1.807) is 7.11 Å². The summed E-state index contributed by atoms with van der Waals surface area (Å²) in [5.74, 6) is 1.41. The average Bonchev–Trinajstić information content (AvgIpc) is 3.31. The van der Waals surface area contributed by atoms with E-state index in [-0.39, 0.29) is 11.7 Å². The van der Waals surface area contributed by atoms with Crippen molar-refractivity contribution in [2.24, 2.45) is 5.92 Å². The minimum Gasteiger partial charge on any atom is -0.497 e. The number of Topliss-reactive ketones (excluding diaryl/α,β-unsaturated/α-hetero) is 1. The van der Waals surface area contributed by atoms with E-state index < -0.39 is 0 Å². The van der Waals surface area contributed by atoms with Gasteiger partial charge >= 0.3 is 0 Å². The zero-order valence-corrected chi connectivity index (χ0v) is 10.9. The number of hydrogen-bond acceptors (Lipinski definition) is 2. The van der Waals surface area contributed by atoms with Crippen molar-refractivity contribution in [3.8, 4) is 16.9 Å². The Kier molecular flexibility index (Phi) is 3.08. The highest BCUT2D eigenvalue weighted by Crippen LogP contribution is 2.33. The lowest BCUT2D eigenvalue weighted by atomic mass is 10.0. The fraction of sp³-hybridized carbons (Fsp3) is 0.235. The van der Waals surface area contributed by atoms with Crippen molar-refractivity contribution in [2.45, 2.75) is 12.8 Å². The SMILES string of the molecule is COc1cccc(-c2ccc(C(=O)C3CC3)cc2)c1. The van der Waals surface area contributed by atoms with E-state index >= 15 is 0 Å². The number of benzene rings is 2. The van der Waals surface area contributed by atoms with Crippen LogP contribution in [-0.2, 0) is 0 Å². The smallest absolute Gasteiger partial charge is 0.165 e. The Balaban J connectivity index is 1.86. The quantitative estimate of drug-likeness (QED) is 0.770. The minimum absolute atomic E-state index is 0.280. The van der Waals surface area contributed by atoms with Crippen LogP contribution in [0.2, 0.25) is 0 Å². The predicted molar refractivity (Wildman–Crippen MR) is 75.5 cm³/mol. The summed E-state index contributed by atoms with van der Waals surface area (Å²) < 4.78 is 5.22. The van der Waals surface area contributed by atoms with Gasteiger partial charge in [-0.2, -0.15) is 0 Å². The third kappa shape index (κ3) is 2.53.